The van der Waals surface area contributed by atoms with Crippen molar-refractivity contribution < 1.29 is 13.9 Å². The summed E-state index contributed by atoms with van der Waals surface area (Å²) < 4.78 is 20.0. The average Bonchev–Trinajstić information content (AvgIpc) is 3.48. The molecule has 0 N–H and O–H groups in total. The van der Waals surface area contributed by atoms with Gasteiger partial charge in [-0.1, -0.05) is 0 Å². The molecule has 8 nitrogen and oxygen atoms in total. The first-order valence-corrected chi connectivity index (χ1v) is 12.1. The Balaban J connectivity index is 1.26. The normalized spacial score (nSPS) is 18.0. The van der Waals surface area contributed by atoms with E-state index in [0.717, 1.165) is 36.3 Å². The molecule has 1 fully saturated rings. The van der Waals surface area contributed by atoms with Crippen LogP contribution in [0.3, 0.4) is 0 Å². The van der Waals surface area contributed by atoms with Crippen LogP contribution >= 0.6 is 11.3 Å². The van der Waals surface area contributed by atoms with Crippen LogP contribution in [-0.4, -0.2) is 57.0 Å². The molecule has 0 aliphatic carbocycles. The van der Waals surface area contributed by atoms with Crippen molar-refractivity contribution in [3.8, 4) is 17.4 Å². The Morgan fingerprint density at radius 3 is 2.91 bits per heavy atom. The number of aromatic nitrogens is 4. The van der Waals surface area contributed by atoms with Crippen molar-refractivity contribution in [3.63, 3.8) is 0 Å². The van der Waals surface area contributed by atoms with Gasteiger partial charge >= 0.3 is 0 Å². The number of nitrogens with zero attached hydrogens (tertiary/aromatic N) is 6. The summed E-state index contributed by atoms with van der Waals surface area (Å²) in [6.07, 6.45) is 4.81. The van der Waals surface area contributed by atoms with Gasteiger partial charge in [0.1, 0.15) is 5.69 Å². The fraction of sp³-hybridized carbons (Fsp3) is 0.435. The van der Waals surface area contributed by atoms with Gasteiger partial charge in [-0.15, -0.1) is 11.3 Å². The standard InChI is InChI=1S/C23H25FN6O2S/c1-15-17-12-25-23(19-13-33-14-26-19)27-18(17)5-8-30(15)16-10-20(24)28-21(11-16)32-9-3-7-29-6-2-4-22(29)31/h10-15H,2-9H2,1H3/t15-/m0/s1. The lowest BCUT2D eigenvalue weighted by atomic mass is 9.99. The van der Waals surface area contributed by atoms with Crippen molar-refractivity contribution in [2.45, 2.75) is 38.6 Å². The molecule has 0 radical (unpaired) electrons. The summed E-state index contributed by atoms with van der Waals surface area (Å²) in [7, 11) is 0. The van der Waals surface area contributed by atoms with E-state index in [0.29, 0.717) is 44.0 Å². The Morgan fingerprint density at radius 1 is 1.21 bits per heavy atom. The molecule has 0 spiro atoms. The number of anilines is 1. The molecule has 2 aliphatic heterocycles. The first kappa shape index (κ1) is 21.7. The van der Waals surface area contributed by atoms with Crippen LogP contribution in [0.25, 0.3) is 11.5 Å². The second-order valence-electron chi connectivity index (χ2n) is 8.26. The molecule has 0 aromatic carbocycles. The minimum absolute atomic E-state index is 0.0194. The molecule has 5 heterocycles. The van der Waals surface area contributed by atoms with Crippen LogP contribution in [0.2, 0.25) is 0 Å². The summed E-state index contributed by atoms with van der Waals surface area (Å²) in [5.74, 6) is 0.511. The van der Waals surface area contributed by atoms with Crippen LogP contribution in [0.5, 0.6) is 5.88 Å². The summed E-state index contributed by atoms with van der Waals surface area (Å²) in [6, 6.07) is 3.19. The molecule has 1 saturated heterocycles. The fourth-order valence-electron chi connectivity index (χ4n) is 4.44. The molecule has 1 atom stereocenters. The minimum Gasteiger partial charge on any atom is -0.477 e. The second-order valence-corrected chi connectivity index (χ2v) is 8.98. The van der Waals surface area contributed by atoms with Gasteiger partial charge in [0.15, 0.2) is 5.82 Å². The van der Waals surface area contributed by atoms with Crippen LogP contribution < -0.4 is 9.64 Å². The van der Waals surface area contributed by atoms with Crippen LogP contribution in [-0.2, 0) is 11.2 Å². The number of rotatable bonds is 7. The van der Waals surface area contributed by atoms with E-state index in [1.807, 2.05) is 16.5 Å². The maximum Gasteiger partial charge on any atom is 0.222 e. The highest BCUT2D eigenvalue weighted by molar-refractivity contribution is 7.07. The Hall–Kier alpha value is -3.14. The van der Waals surface area contributed by atoms with E-state index in [9.17, 15) is 9.18 Å². The number of hydrogen-bond donors (Lipinski definition) is 0. The van der Waals surface area contributed by atoms with Gasteiger partial charge in [0.05, 0.1) is 23.9 Å². The highest BCUT2D eigenvalue weighted by atomic mass is 32.1. The summed E-state index contributed by atoms with van der Waals surface area (Å²) in [4.78, 5) is 33.1. The third kappa shape index (κ3) is 4.66. The molecule has 5 rings (SSSR count). The molecular weight excluding hydrogens is 443 g/mol. The van der Waals surface area contributed by atoms with Gasteiger partial charge in [0.25, 0.3) is 0 Å². The van der Waals surface area contributed by atoms with Gasteiger partial charge in [-0.25, -0.2) is 15.0 Å². The highest BCUT2D eigenvalue weighted by Crippen LogP contribution is 2.34. The summed E-state index contributed by atoms with van der Waals surface area (Å²) in [5.41, 5.74) is 5.29. The molecule has 3 aromatic heterocycles. The quantitative estimate of drug-likeness (QED) is 0.387. The van der Waals surface area contributed by atoms with Gasteiger partial charge in [-0.05, 0) is 19.8 Å². The van der Waals surface area contributed by atoms with Crippen molar-refractivity contribution in [1.82, 2.24) is 24.8 Å². The fourth-order valence-corrected chi connectivity index (χ4v) is 4.97. The van der Waals surface area contributed by atoms with E-state index in [1.54, 1.807) is 11.6 Å². The molecule has 3 aromatic rings. The number of carbonyl (C=O) groups excluding carboxylic acids is 1. The van der Waals surface area contributed by atoms with Crippen LogP contribution in [0.1, 0.15) is 43.5 Å². The summed E-state index contributed by atoms with van der Waals surface area (Å²) in [6.45, 7) is 4.61. The zero-order valence-electron chi connectivity index (χ0n) is 18.4. The zero-order chi connectivity index (χ0) is 22.8. The van der Waals surface area contributed by atoms with E-state index >= 15 is 0 Å². The molecule has 0 bridgehead atoms. The monoisotopic (exact) mass is 468 g/mol. The van der Waals surface area contributed by atoms with Crippen LogP contribution in [0.15, 0.2) is 29.2 Å². The molecule has 1 amide bonds. The van der Waals surface area contributed by atoms with Gasteiger partial charge in [0.2, 0.25) is 17.7 Å². The zero-order valence-corrected chi connectivity index (χ0v) is 19.2. The number of thiazole rings is 1. The van der Waals surface area contributed by atoms with Crippen LogP contribution in [0, 0.1) is 5.95 Å². The Bertz CT molecular complexity index is 1140. The number of fused-ring (bicyclic) bond motifs is 1. The van der Waals surface area contributed by atoms with Crippen molar-refractivity contribution in [2.75, 3.05) is 31.1 Å². The van der Waals surface area contributed by atoms with Gasteiger partial charge in [-0.2, -0.15) is 9.37 Å². The average molecular weight is 469 g/mol. The highest BCUT2D eigenvalue weighted by Gasteiger charge is 2.27. The lowest BCUT2D eigenvalue weighted by molar-refractivity contribution is -0.127. The number of carbonyl (C=O) groups is 1. The third-order valence-corrected chi connectivity index (χ3v) is 6.74. The summed E-state index contributed by atoms with van der Waals surface area (Å²) in [5, 5.41) is 1.94. The SMILES string of the molecule is C[C@H]1c2cnc(-c3cscn3)nc2CCN1c1cc(F)nc(OCCCN2CCCC2=O)c1. The van der Waals surface area contributed by atoms with Crippen molar-refractivity contribution in [3.05, 3.63) is 46.4 Å². The lowest BCUT2D eigenvalue weighted by Gasteiger charge is -2.36. The smallest absolute Gasteiger partial charge is 0.222 e. The Kier molecular flexibility index (Phi) is 6.17. The molecule has 10 heteroatoms. The Labute approximate surface area is 195 Å². The topological polar surface area (TPSA) is 84.3 Å². The molecular formula is C23H25FN6O2S. The second kappa shape index (κ2) is 9.38. The van der Waals surface area contributed by atoms with Gasteiger partial charge < -0.3 is 14.5 Å². The lowest BCUT2D eigenvalue weighted by Crippen LogP contribution is -2.35. The molecule has 172 valence electrons. The molecule has 0 saturated carbocycles. The molecule has 2 aliphatic rings. The third-order valence-electron chi connectivity index (χ3n) is 6.15. The van der Waals surface area contributed by atoms with E-state index in [2.05, 4.69) is 26.8 Å². The molecule has 0 unspecified atom stereocenters. The Morgan fingerprint density at radius 2 is 2.12 bits per heavy atom. The maximum atomic E-state index is 14.3. The van der Waals surface area contributed by atoms with Gasteiger partial charge in [-0.3, -0.25) is 4.79 Å². The van der Waals surface area contributed by atoms with E-state index in [1.165, 1.54) is 17.4 Å². The largest absolute Gasteiger partial charge is 0.477 e. The van der Waals surface area contributed by atoms with Crippen molar-refractivity contribution in [2.24, 2.45) is 0 Å². The predicted molar refractivity (Wildman–Crippen MR) is 123 cm³/mol. The maximum absolute atomic E-state index is 14.3. The van der Waals surface area contributed by atoms with Gasteiger partial charge in [0, 0.05) is 67.4 Å². The number of halogens is 1. The number of amides is 1. The first-order valence-electron chi connectivity index (χ1n) is 11.2. The predicted octanol–water partition coefficient (Wildman–Crippen LogP) is 3.65. The first-order chi connectivity index (χ1) is 16.1. The van der Waals surface area contributed by atoms with Crippen molar-refractivity contribution in [1.29, 1.82) is 0 Å². The number of pyridine rings is 1. The van der Waals surface area contributed by atoms with E-state index in [4.69, 9.17) is 9.72 Å². The summed E-state index contributed by atoms with van der Waals surface area (Å²) >= 11 is 1.52. The number of hydrogen-bond acceptors (Lipinski definition) is 8. The van der Waals surface area contributed by atoms with Crippen molar-refractivity contribution >= 4 is 22.9 Å². The van der Waals surface area contributed by atoms with E-state index < -0.39 is 5.95 Å². The number of likely N-dealkylation sites (tertiary alicyclic amines) is 1. The minimum atomic E-state index is -0.578. The molecule has 33 heavy (non-hydrogen) atoms. The van der Waals surface area contributed by atoms with E-state index in [-0.39, 0.29) is 17.8 Å². The number of ether oxygens (including phenoxy) is 1. The van der Waals surface area contributed by atoms with Crippen LogP contribution in [0.4, 0.5) is 10.1 Å².